The molecule has 3 heteroatoms. The average molecular weight is 159 g/mol. The van der Waals surface area contributed by atoms with Crippen LogP contribution in [0, 0.1) is 0 Å². The fraction of sp³-hybridized carbons (Fsp3) is 1.00. The van der Waals surface area contributed by atoms with Crippen molar-refractivity contribution in [2.45, 2.75) is 44.8 Å². The first-order chi connectivity index (χ1) is 5.29. The zero-order valence-electron chi connectivity index (χ0n) is 7.05. The van der Waals surface area contributed by atoms with Crippen LogP contribution < -0.4 is 5.48 Å². The van der Waals surface area contributed by atoms with E-state index in [1.54, 1.807) is 6.92 Å². The van der Waals surface area contributed by atoms with Gasteiger partial charge >= 0.3 is 0 Å². The highest BCUT2D eigenvalue weighted by Gasteiger charge is 2.15. The number of aliphatic hydroxyl groups is 1. The SMILES string of the molecule is CC(O)CNOC1CCCC1. The highest BCUT2D eigenvalue weighted by atomic mass is 16.7. The summed E-state index contributed by atoms with van der Waals surface area (Å²) in [6.07, 6.45) is 4.94. The van der Waals surface area contributed by atoms with Crippen molar-refractivity contribution in [1.29, 1.82) is 0 Å². The van der Waals surface area contributed by atoms with Crippen LogP contribution in [0.3, 0.4) is 0 Å². The van der Waals surface area contributed by atoms with E-state index in [9.17, 15) is 0 Å². The number of rotatable bonds is 4. The van der Waals surface area contributed by atoms with E-state index in [2.05, 4.69) is 5.48 Å². The molecule has 0 amide bonds. The van der Waals surface area contributed by atoms with Gasteiger partial charge < -0.3 is 5.11 Å². The molecule has 1 atom stereocenters. The molecule has 0 heterocycles. The largest absolute Gasteiger partial charge is 0.392 e. The first kappa shape index (κ1) is 8.97. The lowest BCUT2D eigenvalue weighted by atomic mass is 10.3. The van der Waals surface area contributed by atoms with E-state index in [1.807, 2.05) is 0 Å². The van der Waals surface area contributed by atoms with Crippen molar-refractivity contribution in [2.75, 3.05) is 6.54 Å². The standard InChI is InChI=1S/C8H17NO2/c1-7(10)6-9-11-8-4-2-3-5-8/h7-10H,2-6H2,1H3. The Morgan fingerprint density at radius 1 is 1.55 bits per heavy atom. The van der Waals surface area contributed by atoms with Crippen LogP contribution >= 0.6 is 0 Å². The lowest BCUT2D eigenvalue weighted by molar-refractivity contribution is -0.0346. The Kier molecular flexibility index (Phi) is 3.83. The Bertz CT molecular complexity index is 100. The maximum absolute atomic E-state index is 8.88. The summed E-state index contributed by atoms with van der Waals surface area (Å²) < 4.78 is 0. The van der Waals surface area contributed by atoms with Gasteiger partial charge in [-0.1, -0.05) is 12.8 Å². The van der Waals surface area contributed by atoms with Gasteiger partial charge in [0.1, 0.15) is 0 Å². The zero-order chi connectivity index (χ0) is 8.10. The van der Waals surface area contributed by atoms with E-state index in [4.69, 9.17) is 9.94 Å². The van der Waals surface area contributed by atoms with E-state index < -0.39 is 0 Å². The highest BCUT2D eigenvalue weighted by molar-refractivity contribution is 4.65. The van der Waals surface area contributed by atoms with Crippen LogP contribution in [0.25, 0.3) is 0 Å². The Morgan fingerprint density at radius 3 is 2.73 bits per heavy atom. The van der Waals surface area contributed by atoms with Crippen molar-refractivity contribution >= 4 is 0 Å². The average Bonchev–Trinajstić information content (AvgIpc) is 2.39. The van der Waals surface area contributed by atoms with Crippen molar-refractivity contribution in [1.82, 2.24) is 5.48 Å². The van der Waals surface area contributed by atoms with Crippen LogP contribution in [0.2, 0.25) is 0 Å². The molecule has 2 N–H and O–H groups in total. The third-order valence-corrected chi connectivity index (χ3v) is 1.93. The van der Waals surface area contributed by atoms with Gasteiger partial charge in [0.05, 0.1) is 12.2 Å². The molecule has 0 spiro atoms. The summed E-state index contributed by atoms with van der Waals surface area (Å²) in [6.45, 7) is 2.27. The van der Waals surface area contributed by atoms with Gasteiger partial charge in [0.25, 0.3) is 0 Å². The van der Waals surface area contributed by atoms with Gasteiger partial charge in [0, 0.05) is 6.54 Å². The van der Waals surface area contributed by atoms with Crippen LogP contribution in [0.4, 0.5) is 0 Å². The Labute approximate surface area is 67.7 Å². The van der Waals surface area contributed by atoms with Crippen molar-refractivity contribution in [3.8, 4) is 0 Å². The van der Waals surface area contributed by atoms with Gasteiger partial charge in [0.2, 0.25) is 0 Å². The monoisotopic (exact) mass is 159 g/mol. The quantitative estimate of drug-likeness (QED) is 0.597. The van der Waals surface area contributed by atoms with Crippen LogP contribution in [0.5, 0.6) is 0 Å². The molecule has 1 aliphatic rings. The van der Waals surface area contributed by atoms with Crippen molar-refractivity contribution < 1.29 is 9.94 Å². The maximum atomic E-state index is 8.88. The second-order valence-corrected chi connectivity index (χ2v) is 3.22. The Morgan fingerprint density at radius 2 is 2.18 bits per heavy atom. The van der Waals surface area contributed by atoms with E-state index in [-0.39, 0.29) is 6.10 Å². The number of hydrogen-bond acceptors (Lipinski definition) is 3. The number of hydroxylamine groups is 1. The van der Waals surface area contributed by atoms with Gasteiger partial charge in [0.15, 0.2) is 0 Å². The van der Waals surface area contributed by atoms with E-state index in [0.29, 0.717) is 12.6 Å². The molecule has 0 aromatic heterocycles. The van der Waals surface area contributed by atoms with Gasteiger partial charge in [-0.2, -0.15) is 5.48 Å². The molecule has 66 valence electrons. The van der Waals surface area contributed by atoms with Gasteiger partial charge in [-0.05, 0) is 19.8 Å². The van der Waals surface area contributed by atoms with E-state index >= 15 is 0 Å². The minimum absolute atomic E-state index is 0.323. The number of aliphatic hydroxyl groups excluding tert-OH is 1. The maximum Gasteiger partial charge on any atom is 0.0790 e. The van der Waals surface area contributed by atoms with Crippen LogP contribution in [0.15, 0.2) is 0 Å². The second-order valence-electron chi connectivity index (χ2n) is 3.22. The fourth-order valence-corrected chi connectivity index (χ4v) is 1.29. The van der Waals surface area contributed by atoms with Crippen LogP contribution in [0.1, 0.15) is 32.6 Å². The van der Waals surface area contributed by atoms with Crippen LogP contribution in [-0.4, -0.2) is 23.9 Å². The van der Waals surface area contributed by atoms with Crippen molar-refractivity contribution in [3.63, 3.8) is 0 Å². The first-order valence-corrected chi connectivity index (χ1v) is 4.35. The summed E-state index contributed by atoms with van der Waals surface area (Å²) in [5.41, 5.74) is 2.78. The molecule has 1 saturated carbocycles. The minimum atomic E-state index is -0.323. The molecular weight excluding hydrogens is 142 g/mol. The van der Waals surface area contributed by atoms with Crippen molar-refractivity contribution in [2.24, 2.45) is 0 Å². The summed E-state index contributed by atoms with van der Waals surface area (Å²) >= 11 is 0. The fourth-order valence-electron chi connectivity index (χ4n) is 1.29. The Hall–Kier alpha value is -0.120. The molecule has 1 unspecified atom stereocenters. The molecule has 0 aromatic carbocycles. The zero-order valence-corrected chi connectivity index (χ0v) is 7.05. The number of nitrogens with one attached hydrogen (secondary N) is 1. The molecule has 0 aromatic rings. The predicted octanol–water partition coefficient (Wildman–Crippen LogP) is 0.831. The molecule has 1 fully saturated rings. The molecule has 0 radical (unpaired) electrons. The second kappa shape index (κ2) is 4.70. The predicted molar refractivity (Wildman–Crippen MR) is 43.0 cm³/mol. The third kappa shape index (κ3) is 3.70. The summed E-state index contributed by atoms with van der Waals surface area (Å²) in [6, 6.07) is 0. The van der Waals surface area contributed by atoms with Gasteiger partial charge in [-0.3, -0.25) is 4.84 Å². The minimum Gasteiger partial charge on any atom is -0.392 e. The molecule has 11 heavy (non-hydrogen) atoms. The summed E-state index contributed by atoms with van der Waals surface area (Å²) in [4.78, 5) is 5.30. The molecular formula is C8H17NO2. The smallest absolute Gasteiger partial charge is 0.0790 e. The molecule has 1 rings (SSSR count). The summed E-state index contributed by atoms with van der Waals surface area (Å²) in [5, 5.41) is 8.88. The van der Waals surface area contributed by atoms with Gasteiger partial charge in [-0.25, -0.2) is 0 Å². The Balaban J connectivity index is 1.94. The lowest BCUT2D eigenvalue weighted by Gasteiger charge is -2.12. The lowest BCUT2D eigenvalue weighted by Crippen LogP contribution is -2.28. The molecule has 0 aliphatic heterocycles. The normalized spacial score (nSPS) is 22.4. The molecule has 0 bridgehead atoms. The summed E-state index contributed by atoms with van der Waals surface area (Å²) in [5.74, 6) is 0. The van der Waals surface area contributed by atoms with E-state index in [1.165, 1.54) is 12.8 Å². The van der Waals surface area contributed by atoms with E-state index in [0.717, 1.165) is 12.8 Å². The van der Waals surface area contributed by atoms with Crippen molar-refractivity contribution in [3.05, 3.63) is 0 Å². The molecule has 0 saturated heterocycles. The van der Waals surface area contributed by atoms with Gasteiger partial charge in [-0.15, -0.1) is 0 Å². The highest BCUT2D eigenvalue weighted by Crippen LogP contribution is 2.19. The summed E-state index contributed by atoms with van der Waals surface area (Å²) in [7, 11) is 0. The third-order valence-electron chi connectivity index (χ3n) is 1.93. The number of hydrogen-bond donors (Lipinski definition) is 2. The molecule has 3 nitrogen and oxygen atoms in total. The first-order valence-electron chi connectivity index (χ1n) is 4.35. The molecule has 1 aliphatic carbocycles. The topological polar surface area (TPSA) is 41.5 Å². The van der Waals surface area contributed by atoms with Crippen LogP contribution in [-0.2, 0) is 4.84 Å².